The number of imide groups is 1. The summed E-state index contributed by atoms with van der Waals surface area (Å²) in [6, 6.07) is 19.3. The zero-order chi connectivity index (χ0) is 28.3. The average molecular weight is 551 g/mol. The van der Waals surface area contributed by atoms with Crippen LogP contribution in [0.1, 0.15) is 69.5 Å². The third kappa shape index (κ3) is 5.78. The predicted molar refractivity (Wildman–Crippen MR) is 154 cm³/mol. The van der Waals surface area contributed by atoms with Gasteiger partial charge >= 0.3 is 0 Å². The minimum atomic E-state index is -0.450. The van der Waals surface area contributed by atoms with Crippen LogP contribution in [-0.2, 0) is 4.74 Å². The molecule has 8 heteroatoms. The van der Waals surface area contributed by atoms with E-state index < -0.39 is 6.10 Å². The fraction of sp³-hybridized carbons (Fsp3) is 0.303. The zero-order valence-corrected chi connectivity index (χ0v) is 22.9. The Hall–Kier alpha value is -4.32. The van der Waals surface area contributed by atoms with E-state index in [1.54, 1.807) is 30.3 Å². The second kappa shape index (κ2) is 11.7. The number of benzene rings is 3. The lowest BCUT2D eigenvalue weighted by Gasteiger charge is -2.31. The Morgan fingerprint density at radius 1 is 1.02 bits per heavy atom. The molecule has 0 saturated carbocycles. The number of likely N-dealkylation sites (tertiary alicyclic amines) is 1. The number of fused-ring (bicyclic) bond motifs is 2. The fourth-order valence-electron chi connectivity index (χ4n) is 5.45. The van der Waals surface area contributed by atoms with Crippen molar-refractivity contribution in [2.45, 2.75) is 37.9 Å². The van der Waals surface area contributed by atoms with E-state index in [1.807, 2.05) is 24.3 Å². The van der Waals surface area contributed by atoms with Gasteiger partial charge in [0, 0.05) is 31.6 Å². The molecule has 3 heterocycles. The molecule has 1 aromatic heterocycles. The van der Waals surface area contributed by atoms with Crippen LogP contribution in [0.25, 0.3) is 11.0 Å². The van der Waals surface area contributed by atoms with Gasteiger partial charge in [-0.1, -0.05) is 36.1 Å². The molecule has 208 valence electrons. The van der Waals surface area contributed by atoms with Gasteiger partial charge in [-0.05, 0) is 74.3 Å². The number of H-pyrrole nitrogens is 1. The van der Waals surface area contributed by atoms with Crippen LogP contribution in [0.2, 0.25) is 0 Å². The summed E-state index contributed by atoms with van der Waals surface area (Å²) in [5, 5.41) is 0. The van der Waals surface area contributed by atoms with Crippen molar-refractivity contribution in [1.82, 2.24) is 19.8 Å². The van der Waals surface area contributed by atoms with Crippen LogP contribution in [0.4, 0.5) is 4.39 Å². The molecule has 2 amide bonds. The molecule has 1 N–H and O–H groups in total. The van der Waals surface area contributed by atoms with Crippen LogP contribution in [0.5, 0.6) is 0 Å². The van der Waals surface area contributed by atoms with Crippen molar-refractivity contribution in [2.75, 3.05) is 26.7 Å². The minimum Gasteiger partial charge on any atom is -0.362 e. The topological polar surface area (TPSA) is 78.5 Å². The van der Waals surface area contributed by atoms with E-state index in [9.17, 15) is 14.0 Å². The standard InChI is InChI=1S/C33H31FN4O3/c1-37-18-15-25(16-19-37)41-30(31-35-28-14-13-24(34)21-29(28)36-31)23-10-7-9-22(20-23)8-3-2-6-17-38-32(39)26-11-4-5-12-27(26)33(38)40/h4-5,7,9-14,20-21,25,30H,2,6,15-19H2,1H3,(H,35,36). The van der Waals surface area contributed by atoms with E-state index in [-0.39, 0.29) is 23.7 Å². The Balaban J connectivity index is 1.16. The van der Waals surface area contributed by atoms with Crippen molar-refractivity contribution in [1.29, 1.82) is 0 Å². The maximum atomic E-state index is 13.9. The highest BCUT2D eigenvalue weighted by atomic mass is 19.1. The normalized spacial score (nSPS) is 16.6. The third-order valence-corrected chi connectivity index (χ3v) is 7.69. The van der Waals surface area contributed by atoms with Crippen molar-refractivity contribution < 1.29 is 18.7 Å². The van der Waals surface area contributed by atoms with E-state index in [0.29, 0.717) is 47.4 Å². The van der Waals surface area contributed by atoms with Gasteiger partial charge in [0.05, 0.1) is 28.3 Å². The molecule has 1 atom stereocenters. The van der Waals surface area contributed by atoms with Gasteiger partial charge in [0.15, 0.2) is 0 Å². The summed E-state index contributed by atoms with van der Waals surface area (Å²) in [6.45, 7) is 2.27. The number of rotatable bonds is 7. The highest BCUT2D eigenvalue weighted by Gasteiger charge is 2.34. The van der Waals surface area contributed by atoms with E-state index in [2.05, 4.69) is 28.8 Å². The minimum absolute atomic E-state index is 0.0815. The summed E-state index contributed by atoms with van der Waals surface area (Å²) in [7, 11) is 2.11. The number of amides is 2. The highest BCUT2D eigenvalue weighted by Crippen LogP contribution is 2.30. The summed E-state index contributed by atoms with van der Waals surface area (Å²) in [4.78, 5) is 36.8. The number of halogens is 1. The Kier molecular flexibility index (Phi) is 7.64. The number of ether oxygens (including phenoxy) is 1. The number of aromatic amines is 1. The molecule has 41 heavy (non-hydrogen) atoms. The highest BCUT2D eigenvalue weighted by molar-refractivity contribution is 6.21. The second-order valence-corrected chi connectivity index (χ2v) is 10.6. The molecule has 2 aliphatic rings. The zero-order valence-electron chi connectivity index (χ0n) is 22.9. The maximum Gasteiger partial charge on any atom is 0.261 e. The number of nitrogens with one attached hydrogen (secondary N) is 1. The molecule has 0 bridgehead atoms. The lowest BCUT2D eigenvalue weighted by atomic mass is 10.0. The number of nitrogens with zero attached hydrogens (tertiary/aromatic N) is 3. The van der Waals surface area contributed by atoms with Crippen molar-refractivity contribution in [2.24, 2.45) is 0 Å². The first-order chi connectivity index (χ1) is 20.0. The van der Waals surface area contributed by atoms with E-state index in [1.165, 1.54) is 17.0 Å². The van der Waals surface area contributed by atoms with Crippen LogP contribution in [0.3, 0.4) is 0 Å². The molecule has 1 fully saturated rings. The molecule has 2 aliphatic heterocycles. The molecule has 3 aromatic carbocycles. The van der Waals surface area contributed by atoms with Gasteiger partial charge in [-0.3, -0.25) is 14.5 Å². The Bertz CT molecular complexity index is 1630. The summed E-state index contributed by atoms with van der Waals surface area (Å²) >= 11 is 0. The van der Waals surface area contributed by atoms with Crippen molar-refractivity contribution in [3.63, 3.8) is 0 Å². The Morgan fingerprint density at radius 3 is 2.54 bits per heavy atom. The second-order valence-electron chi connectivity index (χ2n) is 10.6. The van der Waals surface area contributed by atoms with Crippen molar-refractivity contribution in [3.8, 4) is 11.8 Å². The van der Waals surface area contributed by atoms with Gasteiger partial charge in [-0.2, -0.15) is 0 Å². The maximum absolute atomic E-state index is 13.9. The fourth-order valence-corrected chi connectivity index (χ4v) is 5.45. The van der Waals surface area contributed by atoms with Gasteiger partial charge in [-0.25, -0.2) is 9.37 Å². The van der Waals surface area contributed by atoms with Crippen LogP contribution in [-0.4, -0.2) is 64.4 Å². The van der Waals surface area contributed by atoms with Gasteiger partial charge in [0.25, 0.3) is 11.8 Å². The van der Waals surface area contributed by atoms with Crippen LogP contribution in [0, 0.1) is 17.7 Å². The SMILES string of the molecule is CN1CCC(OC(c2cccc(C#CCCCN3C(=O)c4ccccc4C3=O)c2)c2nc3ccc(F)cc3[nH]2)CC1. The number of hydrogen-bond donors (Lipinski definition) is 1. The van der Waals surface area contributed by atoms with E-state index >= 15 is 0 Å². The van der Waals surface area contributed by atoms with Crippen LogP contribution < -0.4 is 0 Å². The largest absolute Gasteiger partial charge is 0.362 e. The average Bonchev–Trinajstić information content (AvgIpc) is 3.51. The van der Waals surface area contributed by atoms with E-state index in [0.717, 1.165) is 37.1 Å². The number of unbranched alkanes of at least 4 members (excludes halogenated alkanes) is 1. The van der Waals surface area contributed by atoms with Gasteiger partial charge in [-0.15, -0.1) is 0 Å². The quantitative estimate of drug-likeness (QED) is 0.191. The van der Waals surface area contributed by atoms with Crippen molar-refractivity contribution in [3.05, 3.63) is 101 Å². The van der Waals surface area contributed by atoms with Crippen molar-refractivity contribution >= 4 is 22.8 Å². The number of carbonyl (C=O) groups excluding carboxylic acids is 2. The summed E-state index contributed by atoms with van der Waals surface area (Å²) < 4.78 is 20.5. The molecule has 0 spiro atoms. The monoisotopic (exact) mass is 550 g/mol. The smallest absolute Gasteiger partial charge is 0.261 e. The predicted octanol–water partition coefficient (Wildman–Crippen LogP) is 5.33. The van der Waals surface area contributed by atoms with Gasteiger partial charge in [0.2, 0.25) is 0 Å². The molecule has 0 aliphatic carbocycles. The first-order valence-corrected chi connectivity index (χ1v) is 14.0. The molecule has 0 radical (unpaired) electrons. The number of piperidine rings is 1. The molecular formula is C33H31FN4O3. The molecule has 4 aromatic rings. The summed E-state index contributed by atoms with van der Waals surface area (Å²) in [5.41, 5.74) is 4.00. The van der Waals surface area contributed by atoms with Crippen LogP contribution >= 0.6 is 0 Å². The Morgan fingerprint density at radius 2 is 1.78 bits per heavy atom. The lowest BCUT2D eigenvalue weighted by molar-refractivity contribution is -0.0264. The number of aromatic nitrogens is 2. The molecule has 7 nitrogen and oxygen atoms in total. The first kappa shape index (κ1) is 26.9. The molecule has 1 saturated heterocycles. The van der Waals surface area contributed by atoms with E-state index in [4.69, 9.17) is 9.72 Å². The molecule has 6 rings (SSSR count). The van der Waals surface area contributed by atoms with Gasteiger partial charge in [0.1, 0.15) is 17.7 Å². The first-order valence-electron chi connectivity index (χ1n) is 14.0. The number of imidazole rings is 1. The molecular weight excluding hydrogens is 519 g/mol. The van der Waals surface area contributed by atoms with Gasteiger partial charge < -0.3 is 14.6 Å². The Labute approximate surface area is 238 Å². The van der Waals surface area contributed by atoms with Crippen LogP contribution in [0.15, 0.2) is 66.7 Å². The number of carbonyl (C=O) groups is 2. The molecule has 1 unspecified atom stereocenters. The summed E-state index contributed by atoms with van der Waals surface area (Å²) in [6.07, 6.45) is 2.62. The number of hydrogen-bond acceptors (Lipinski definition) is 5. The third-order valence-electron chi connectivity index (χ3n) is 7.69. The summed E-state index contributed by atoms with van der Waals surface area (Å²) in [5.74, 6) is 6.24. The lowest BCUT2D eigenvalue weighted by Crippen LogP contribution is -2.35.